The summed E-state index contributed by atoms with van der Waals surface area (Å²) in [6.45, 7) is 0.426. The summed E-state index contributed by atoms with van der Waals surface area (Å²) in [7, 11) is 0. The molecule has 0 atom stereocenters. The first-order valence-corrected chi connectivity index (χ1v) is 5.58. The molecule has 0 aliphatic heterocycles. The third-order valence-corrected chi connectivity index (χ3v) is 2.51. The fourth-order valence-corrected chi connectivity index (χ4v) is 1.73. The normalized spacial score (nSPS) is 10.6. The molecule has 94 valence electrons. The largest absolute Gasteiger partial charge is 0.441 e. The molecule has 0 aliphatic carbocycles. The van der Waals surface area contributed by atoms with Gasteiger partial charge >= 0.3 is 0 Å². The van der Waals surface area contributed by atoms with Crippen molar-refractivity contribution >= 4 is 17.3 Å². The summed E-state index contributed by atoms with van der Waals surface area (Å²) in [6.07, 6.45) is 2.02. The predicted molar refractivity (Wildman–Crippen MR) is 66.4 cm³/mol. The van der Waals surface area contributed by atoms with Gasteiger partial charge in [-0.25, -0.2) is 4.98 Å². The van der Waals surface area contributed by atoms with Crippen molar-refractivity contribution in [3.8, 4) is 11.3 Å². The molecule has 0 aliphatic rings. The molecule has 7 heteroatoms. The van der Waals surface area contributed by atoms with E-state index in [-0.39, 0.29) is 10.7 Å². The van der Waals surface area contributed by atoms with Gasteiger partial charge in [-0.05, 0) is 6.07 Å². The Morgan fingerprint density at radius 3 is 2.89 bits per heavy atom. The number of nitro groups is 1. The number of hydrogen-bond acceptors (Lipinski definition) is 5. The van der Waals surface area contributed by atoms with Crippen LogP contribution in [0.5, 0.6) is 0 Å². The van der Waals surface area contributed by atoms with Crippen molar-refractivity contribution < 1.29 is 9.34 Å². The number of non-ortho nitro benzene ring substituents is 1. The lowest BCUT2D eigenvalue weighted by molar-refractivity contribution is -0.384. The minimum atomic E-state index is -0.507. The van der Waals surface area contributed by atoms with Gasteiger partial charge in [0.2, 0.25) is 0 Å². The van der Waals surface area contributed by atoms with Crippen molar-refractivity contribution in [3.63, 3.8) is 0 Å². The predicted octanol–water partition coefficient (Wildman–Crippen LogP) is 2.40. The Balaban J connectivity index is 2.39. The number of halogens is 1. The fourth-order valence-electron chi connectivity index (χ4n) is 1.50. The lowest BCUT2D eigenvalue weighted by Gasteiger charge is -1.98. The Labute approximate surface area is 108 Å². The lowest BCUT2D eigenvalue weighted by Crippen LogP contribution is -2.02. The maximum absolute atomic E-state index is 10.7. The van der Waals surface area contributed by atoms with Crippen molar-refractivity contribution in [2.45, 2.75) is 6.42 Å². The van der Waals surface area contributed by atoms with Crippen LogP contribution in [0.1, 0.15) is 5.89 Å². The number of nitrogens with zero attached hydrogens (tertiary/aromatic N) is 2. The monoisotopic (exact) mass is 267 g/mol. The third kappa shape index (κ3) is 2.66. The Morgan fingerprint density at radius 1 is 1.44 bits per heavy atom. The van der Waals surface area contributed by atoms with Gasteiger partial charge in [0.15, 0.2) is 11.7 Å². The zero-order valence-corrected chi connectivity index (χ0v) is 10.1. The second kappa shape index (κ2) is 5.16. The first-order valence-electron chi connectivity index (χ1n) is 5.20. The summed E-state index contributed by atoms with van der Waals surface area (Å²) >= 11 is 5.83. The molecule has 2 aromatic rings. The van der Waals surface area contributed by atoms with Crippen molar-refractivity contribution in [2.24, 2.45) is 5.73 Å². The third-order valence-electron chi connectivity index (χ3n) is 2.29. The number of nitrogens with two attached hydrogens (primary N) is 1. The van der Waals surface area contributed by atoms with Gasteiger partial charge in [-0.1, -0.05) is 11.6 Å². The van der Waals surface area contributed by atoms with E-state index in [9.17, 15) is 10.1 Å². The van der Waals surface area contributed by atoms with Crippen molar-refractivity contribution in [3.05, 3.63) is 45.4 Å². The second-order valence-corrected chi connectivity index (χ2v) is 4.05. The zero-order valence-electron chi connectivity index (χ0n) is 9.30. The van der Waals surface area contributed by atoms with Crippen LogP contribution in [-0.4, -0.2) is 16.5 Å². The highest BCUT2D eigenvalue weighted by Gasteiger charge is 2.13. The number of nitro benzene ring substituents is 1. The SMILES string of the molecule is NCCc1ncc(-c2cc(Cl)cc([N+](=O)[O-])c2)o1. The van der Waals surface area contributed by atoms with E-state index in [2.05, 4.69) is 4.98 Å². The molecule has 2 N–H and O–H groups in total. The molecular formula is C11H10ClN3O3. The van der Waals surface area contributed by atoms with Crippen molar-refractivity contribution in [2.75, 3.05) is 6.54 Å². The van der Waals surface area contributed by atoms with E-state index in [1.54, 1.807) is 6.07 Å². The summed E-state index contributed by atoms with van der Waals surface area (Å²) in [6, 6.07) is 4.25. The number of oxazole rings is 1. The standard InChI is InChI=1S/C11H10ClN3O3/c12-8-3-7(4-9(5-8)15(16)17)10-6-14-11(18-10)1-2-13/h3-6H,1-2,13H2. The van der Waals surface area contributed by atoms with Gasteiger partial charge in [-0.2, -0.15) is 0 Å². The van der Waals surface area contributed by atoms with E-state index in [1.807, 2.05) is 0 Å². The van der Waals surface area contributed by atoms with Gasteiger partial charge in [0.1, 0.15) is 0 Å². The molecule has 0 spiro atoms. The van der Waals surface area contributed by atoms with Crippen LogP contribution in [0, 0.1) is 10.1 Å². The summed E-state index contributed by atoms with van der Waals surface area (Å²) in [5.41, 5.74) is 5.82. The highest BCUT2D eigenvalue weighted by atomic mass is 35.5. The first-order chi connectivity index (χ1) is 8.60. The van der Waals surface area contributed by atoms with Crippen molar-refractivity contribution in [1.29, 1.82) is 0 Å². The summed E-state index contributed by atoms with van der Waals surface area (Å²) < 4.78 is 5.43. The molecule has 18 heavy (non-hydrogen) atoms. The number of rotatable bonds is 4. The highest BCUT2D eigenvalue weighted by Crippen LogP contribution is 2.28. The minimum Gasteiger partial charge on any atom is -0.441 e. The highest BCUT2D eigenvalue weighted by molar-refractivity contribution is 6.31. The minimum absolute atomic E-state index is 0.0886. The molecule has 0 unspecified atom stereocenters. The number of benzene rings is 1. The average molecular weight is 268 g/mol. The maximum Gasteiger partial charge on any atom is 0.271 e. The lowest BCUT2D eigenvalue weighted by atomic mass is 10.1. The fraction of sp³-hybridized carbons (Fsp3) is 0.182. The quantitative estimate of drug-likeness (QED) is 0.678. The molecule has 6 nitrogen and oxygen atoms in total. The Bertz CT molecular complexity index is 583. The van der Waals surface area contributed by atoms with Gasteiger partial charge in [0.05, 0.1) is 11.1 Å². The van der Waals surface area contributed by atoms with Crippen LogP contribution in [0.2, 0.25) is 5.02 Å². The number of aromatic nitrogens is 1. The summed E-state index contributed by atoms with van der Waals surface area (Å²) in [5, 5.41) is 11.0. The first kappa shape index (κ1) is 12.5. The van der Waals surface area contributed by atoms with E-state index >= 15 is 0 Å². The average Bonchev–Trinajstić information content (AvgIpc) is 2.77. The van der Waals surface area contributed by atoms with E-state index in [0.29, 0.717) is 30.2 Å². The molecule has 1 aromatic carbocycles. The van der Waals surface area contributed by atoms with E-state index in [1.165, 1.54) is 18.3 Å². The summed E-state index contributed by atoms with van der Waals surface area (Å²) in [4.78, 5) is 14.2. The summed E-state index contributed by atoms with van der Waals surface area (Å²) in [5.74, 6) is 0.930. The Morgan fingerprint density at radius 2 is 2.22 bits per heavy atom. The van der Waals surface area contributed by atoms with E-state index < -0.39 is 4.92 Å². The van der Waals surface area contributed by atoms with Crippen LogP contribution in [0.15, 0.2) is 28.8 Å². The Hall–Kier alpha value is -1.92. The molecular weight excluding hydrogens is 258 g/mol. The number of hydrogen-bond donors (Lipinski definition) is 1. The van der Waals surface area contributed by atoms with E-state index in [4.69, 9.17) is 21.8 Å². The van der Waals surface area contributed by atoms with Crippen LogP contribution < -0.4 is 5.73 Å². The van der Waals surface area contributed by atoms with Crippen molar-refractivity contribution in [1.82, 2.24) is 4.98 Å². The van der Waals surface area contributed by atoms with Crippen LogP contribution in [0.3, 0.4) is 0 Å². The van der Waals surface area contributed by atoms with Gasteiger partial charge in [-0.3, -0.25) is 10.1 Å². The molecule has 0 saturated carbocycles. The molecule has 2 rings (SSSR count). The van der Waals surface area contributed by atoms with E-state index in [0.717, 1.165) is 0 Å². The maximum atomic E-state index is 10.7. The molecule has 0 saturated heterocycles. The molecule has 0 amide bonds. The molecule has 0 bridgehead atoms. The van der Waals surface area contributed by atoms with Crippen LogP contribution in [0.4, 0.5) is 5.69 Å². The molecule has 0 fully saturated rings. The van der Waals surface area contributed by atoms with Gasteiger partial charge in [-0.15, -0.1) is 0 Å². The molecule has 1 aromatic heterocycles. The smallest absolute Gasteiger partial charge is 0.271 e. The van der Waals surface area contributed by atoms with Gasteiger partial charge in [0, 0.05) is 35.7 Å². The Kier molecular flexibility index (Phi) is 3.59. The van der Waals surface area contributed by atoms with Gasteiger partial charge in [0.25, 0.3) is 5.69 Å². The molecule has 0 radical (unpaired) electrons. The van der Waals surface area contributed by atoms with Gasteiger partial charge < -0.3 is 10.2 Å². The van der Waals surface area contributed by atoms with Crippen LogP contribution in [-0.2, 0) is 6.42 Å². The zero-order chi connectivity index (χ0) is 13.1. The van der Waals surface area contributed by atoms with Crippen LogP contribution >= 0.6 is 11.6 Å². The topological polar surface area (TPSA) is 95.2 Å². The van der Waals surface area contributed by atoms with Crippen LogP contribution in [0.25, 0.3) is 11.3 Å². The molecule has 1 heterocycles. The second-order valence-electron chi connectivity index (χ2n) is 3.61.